The van der Waals surface area contributed by atoms with Gasteiger partial charge >= 0.3 is 0 Å². The number of aliphatic hydroxyl groups is 2. The van der Waals surface area contributed by atoms with E-state index in [0.29, 0.717) is 35.9 Å². The summed E-state index contributed by atoms with van der Waals surface area (Å²) in [6, 6.07) is 25.9. The maximum Gasteiger partial charge on any atom is 0.181 e. The van der Waals surface area contributed by atoms with E-state index in [1.807, 2.05) is 0 Å². The van der Waals surface area contributed by atoms with Crippen LogP contribution in [0.15, 0.2) is 132 Å². The third kappa shape index (κ3) is 13.4. The number of thioether (sulfide) groups is 2. The molecule has 6 heterocycles. The summed E-state index contributed by atoms with van der Waals surface area (Å²) in [5.41, 5.74) is 6.68. The standard InChI is InChI=1S/2C25H26F2N6OS.H2O/c2*26-19-5-1-17(2-6-19)23(18-3-7-20(27)8-4-18)33-11-9-32(10-12-33)13-21(34)14-35-25-22-24(29-15-28-22)30-16-31-25;/h2*1-8,15-16,21,23,34H,9-14H2,(H,28,29,30,31);1H2. The molecule has 0 saturated carbocycles. The van der Waals surface area contributed by atoms with Gasteiger partial charge in [-0.1, -0.05) is 48.5 Å². The lowest BCUT2D eigenvalue weighted by Gasteiger charge is -2.40. The minimum Gasteiger partial charge on any atom is -0.412 e. The van der Waals surface area contributed by atoms with Gasteiger partial charge in [0.05, 0.1) is 36.9 Å². The highest BCUT2D eigenvalue weighted by molar-refractivity contribution is 7.99. The van der Waals surface area contributed by atoms with Crippen LogP contribution < -0.4 is 0 Å². The number of aliphatic hydroxyl groups excluding tert-OH is 2. The quantitative estimate of drug-likeness (QED) is 0.0489. The van der Waals surface area contributed by atoms with Crippen LogP contribution in [0, 0.1) is 23.3 Å². The van der Waals surface area contributed by atoms with Gasteiger partial charge in [-0.2, -0.15) is 0 Å². The Labute approximate surface area is 416 Å². The zero-order chi connectivity index (χ0) is 48.4. The molecule has 10 rings (SSSR count). The van der Waals surface area contributed by atoms with Gasteiger partial charge in [-0.15, -0.1) is 23.5 Å². The van der Waals surface area contributed by atoms with Crippen molar-refractivity contribution < 1.29 is 33.3 Å². The number of benzene rings is 4. The number of H-pyrrole nitrogens is 2. The molecule has 71 heavy (non-hydrogen) atoms. The second-order valence-electron chi connectivity index (χ2n) is 17.2. The van der Waals surface area contributed by atoms with Gasteiger partial charge in [-0.05, 0) is 70.8 Å². The van der Waals surface area contributed by atoms with Crippen LogP contribution in [0.4, 0.5) is 17.6 Å². The first-order valence-corrected chi connectivity index (χ1v) is 24.9. The Morgan fingerprint density at radius 2 is 0.761 bits per heavy atom. The SMILES string of the molecule is O.OC(CSc1ncnc2nc[nH]c12)CN1CCN(C(c2ccc(F)cc2)c2ccc(F)cc2)CC1.OC(CSc1ncnc2nc[nH]c12)CN1CCN(C(c2ccc(F)cc2)c2ccc(F)cc2)CC1. The largest absolute Gasteiger partial charge is 0.412 e. The van der Waals surface area contributed by atoms with Crippen molar-refractivity contribution in [1.29, 1.82) is 0 Å². The van der Waals surface area contributed by atoms with E-state index in [-0.39, 0.29) is 40.8 Å². The minimum atomic E-state index is -0.510. The van der Waals surface area contributed by atoms with Gasteiger partial charge < -0.3 is 25.7 Å². The normalized spacial score (nSPS) is 16.0. The number of rotatable bonds is 16. The molecule has 0 spiro atoms. The predicted molar refractivity (Wildman–Crippen MR) is 266 cm³/mol. The highest BCUT2D eigenvalue weighted by Crippen LogP contribution is 2.32. The molecule has 8 aromatic rings. The lowest BCUT2D eigenvalue weighted by atomic mass is 9.96. The van der Waals surface area contributed by atoms with E-state index >= 15 is 0 Å². The summed E-state index contributed by atoms with van der Waals surface area (Å²) >= 11 is 2.97. The van der Waals surface area contributed by atoms with E-state index in [4.69, 9.17) is 0 Å². The average Bonchev–Trinajstić information content (AvgIpc) is 4.08. The van der Waals surface area contributed by atoms with Crippen molar-refractivity contribution in [3.05, 3.63) is 168 Å². The Morgan fingerprint density at radius 3 is 1.07 bits per heavy atom. The van der Waals surface area contributed by atoms with Crippen molar-refractivity contribution in [3.8, 4) is 0 Å². The van der Waals surface area contributed by atoms with Crippen LogP contribution in [0.1, 0.15) is 34.3 Å². The average molecular weight is 1010 g/mol. The smallest absolute Gasteiger partial charge is 0.181 e. The summed E-state index contributed by atoms with van der Waals surface area (Å²) in [6.45, 7) is 7.40. The second kappa shape index (κ2) is 24.5. The molecule has 2 aliphatic rings. The van der Waals surface area contributed by atoms with E-state index in [1.165, 1.54) is 84.7 Å². The number of nitrogens with one attached hydrogen (secondary N) is 2. The van der Waals surface area contributed by atoms with Gasteiger partial charge in [0.25, 0.3) is 0 Å². The maximum absolute atomic E-state index is 13.5. The summed E-state index contributed by atoms with van der Waals surface area (Å²) in [4.78, 5) is 40.4. The van der Waals surface area contributed by atoms with Crippen molar-refractivity contribution in [1.82, 2.24) is 59.5 Å². The molecule has 15 nitrogen and oxygen atoms in total. The lowest BCUT2D eigenvalue weighted by molar-refractivity contribution is 0.0707. The Balaban J connectivity index is 0.000000188. The topological polar surface area (TPSA) is 194 Å². The molecule has 4 aromatic heterocycles. The third-order valence-electron chi connectivity index (χ3n) is 12.4. The summed E-state index contributed by atoms with van der Waals surface area (Å²) in [6.07, 6.45) is 5.12. The highest BCUT2D eigenvalue weighted by Gasteiger charge is 2.29. The first-order valence-electron chi connectivity index (χ1n) is 23.0. The maximum atomic E-state index is 13.5. The molecule has 4 aromatic carbocycles. The van der Waals surface area contributed by atoms with Crippen LogP contribution in [0.3, 0.4) is 0 Å². The summed E-state index contributed by atoms with van der Waals surface area (Å²) in [5.74, 6) is -0.0906. The first-order chi connectivity index (χ1) is 34.1. The number of hydrogen-bond donors (Lipinski definition) is 4. The molecule has 2 fully saturated rings. The molecule has 0 amide bonds. The van der Waals surface area contributed by atoms with E-state index in [1.54, 1.807) is 61.2 Å². The Kier molecular flexibility index (Phi) is 17.8. The molecule has 2 unspecified atom stereocenters. The second-order valence-corrected chi connectivity index (χ2v) is 19.2. The Morgan fingerprint density at radius 1 is 0.451 bits per heavy atom. The molecule has 0 radical (unpaired) electrons. The fourth-order valence-electron chi connectivity index (χ4n) is 8.97. The number of β-amino-alcohol motifs (C(OH)–C–C–N with tert-alkyl or cyclic N) is 2. The van der Waals surface area contributed by atoms with Gasteiger partial charge in [-0.25, -0.2) is 47.5 Å². The van der Waals surface area contributed by atoms with Crippen molar-refractivity contribution in [3.63, 3.8) is 0 Å². The number of aromatic nitrogens is 8. The van der Waals surface area contributed by atoms with Gasteiger partial charge in [-0.3, -0.25) is 19.6 Å². The molecule has 2 aliphatic heterocycles. The van der Waals surface area contributed by atoms with Crippen molar-refractivity contribution in [2.45, 2.75) is 34.3 Å². The molecular weight excluding hydrogens is 957 g/mol. The van der Waals surface area contributed by atoms with Crippen LogP contribution in [-0.4, -0.2) is 164 Å². The van der Waals surface area contributed by atoms with Crippen molar-refractivity contribution in [2.24, 2.45) is 0 Å². The molecule has 2 atom stereocenters. The number of halogens is 4. The molecule has 6 N–H and O–H groups in total. The molecule has 0 aliphatic carbocycles. The van der Waals surface area contributed by atoms with Crippen LogP contribution in [0.25, 0.3) is 22.3 Å². The van der Waals surface area contributed by atoms with E-state index in [0.717, 1.165) is 95.7 Å². The molecular formula is C50H54F4N12O3S2. The highest BCUT2D eigenvalue weighted by atomic mass is 32.2. The predicted octanol–water partition coefficient (Wildman–Crippen LogP) is 6.16. The zero-order valence-corrected chi connectivity index (χ0v) is 40.2. The third-order valence-corrected chi connectivity index (χ3v) is 14.7. The summed E-state index contributed by atoms with van der Waals surface area (Å²) in [7, 11) is 0. The molecule has 21 heteroatoms. The van der Waals surface area contributed by atoms with E-state index < -0.39 is 12.2 Å². The first kappa shape index (κ1) is 51.5. The molecule has 372 valence electrons. The number of nitrogens with zero attached hydrogens (tertiary/aromatic N) is 10. The van der Waals surface area contributed by atoms with Gasteiger partial charge in [0.2, 0.25) is 0 Å². The number of piperazine rings is 2. The number of hydrogen-bond acceptors (Lipinski definition) is 14. The van der Waals surface area contributed by atoms with Crippen LogP contribution in [0.2, 0.25) is 0 Å². The van der Waals surface area contributed by atoms with E-state index in [2.05, 4.69) is 59.5 Å². The minimum absolute atomic E-state index is 0. The van der Waals surface area contributed by atoms with Crippen molar-refractivity contribution in [2.75, 3.05) is 77.0 Å². The summed E-state index contributed by atoms with van der Waals surface area (Å²) < 4.78 is 54.2. The van der Waals surface area contributed by atoms with Crippen LogP contribution in [0.5, 0.6) is 0 Å². The van der Waals surface area contributed by atoms with Crippen LogP contribution in [-0.2, 0) is 0 Å². The number of aromatic amines is 2. The van der Waals surface area contributed by atoms with Gasteiger partial charge in [0.15, 0.2) is 11.3 Å². The molecule has 0 bridgehead atoms. The monoisotopic (exact) mass is 1010 g/mol. The lowest BCUT2D eigenvalue weighted by Crippen LogP contribution is -2.50. The number of imidazole rings is 2. The summed E-state index contributed by atoms with van der Waals surface area (Å²) in [5, 5.41) is 22.9. The Hall–Kier alpha value is -5.88. The van der Waals surface area contributed by atoms with Crippen LogP contribution >= 0.6 is 23.5 Å². The number of fused-ring (bicyclic) bond motifs is 2. The Bertz CT molecular complexity index is 2600. The zero-order valence-electron chi connectivity index (χ0n) is 38.5. The van der Waals surface area contributed by atoms with Gasteiger partial charge in [0.1, 0.15) is 57.0 Å². The molecule has 2 saturated heterocycles. The fourth-order valence-corrected chi connectivity index (χ4v) is 10.7. The fraction of sp³-hybridized carbons (Fsp3) is 0.320. The van der Waals surface area contributed by atoms with Gasteiger partial charge in [0, 0.05) is 77.0 Å². The van der Waals surface area contributed by atoms with Crippen molar-refractivity contribution >= 4 is 45.9 Å². The van der Waals surface area contributed by atoms with E-state index in [9.17, 15) is 27.8 Å².